The maximum atomic E-state index is 13.1. The van der Waals surface area contributed by atoms with Crippen LogP contribution in [-0.4, -0.2) is 65.4 Å². The van der Waals surface area contributed by atoms with E-state index in [9.17, 15) is 24.5 Å². The minimum atomic E-state index is -0.507. The molecule has 1 aliphatic rings. The average Bonchev–Trinajstić information content (AvgIpc) is 2.79. The highest BCUT2D eigenvalue weighted by molar-refractivity contribution is 6.09. The number of rotatable bonds is 5. The molecule has 168 valence electrons. The first kappa shape index (κ1) is 22.7. The van der Waals surface area contributed by atoms with Crippen LogP contribution in [0.4, 0.5) is 16.2 Å². The van der Waals surface area contributed by atoms with Crippen molar-refractivity contribution in [2.75, 3.05) is 38.1 Å². The van der Waals surface area contributed by atoms with Crippen molar-refractivity contribution in [2.24, 2.45) is 0 Å². The van der Waals surface area contributed by atoms with Crippen molar-refractivity contribution < 1.29 is 24.0 Å². The molecule has 0 atom stereocenters. The summed E-state index contributed by atoms with van der Waals surface area (Å²) in [5.74, 6) is -0.736. The molecular formula is C22H24N4O6. The minimum absolute atomic E-state index is 0.0703. The number of nitro groups is 1. The molecule has 3 rings (SSSR count). The Kier molecular flexibility index (Phi) is 7.04. The number of piperazine rings is 1. The summed E-state index contributed by atoms with van der Waals surface area (Å²) in [5.41, 5.74) is 1.21. The lowest BCUT2D eigenvalue weighted by atomic mass is 10.1. The van der Waals surface area contributed by atoms with Crippen LogP contribution in [0.15, 0.2) is 42.5 Å². The zero-order valence-corrected chi connectivity index (χ0v) is 17.9. The van der Waals surface area contributed by atoms with E-state index in [0.717, 1.165) is 0 Å². The number of carbonyl (C=O) groups excluding carboxylic acids is 3. The van der Waals surface area contributed by atoms with Gasteiger partial charge >= 0.3 is 6.09 Å². The van der Waals surface area contributed by atoms with Crippen molar-refractivity contribution in [3.8, 4) is 0 Å². The number of ether oxygens (including phenoxy) is 1. The monoisotopic (exact) mass is 440 g/mol. The Morgan fingerprint density at radius 3 is 2.34 bits per heavy atom. The summed E-state index contributed by atoms with van der Waals surface area (Å²) < 4.78 is 4.99. The molecule has 2 aromatic rings. The van der Waals surface area contributed by atoms with Crippen molar-refractivity contribution in [1.29, 1.82) is 0 Å². The lowest BCUT2D eigenvalue weighted by molar-refractivity contribution is -0.385. The number of anilines is 1. The second-order valence-electron chi connectivity index (χ2n) is 7.24. The molecular weight excluding hydrogens is 416 g/mol. The molecule has 3 amide bonds. The summed E-state index contributed by atoms with van der Waals surface area (Å²) in [5, 5.41) is 13.7. The number of nitrogens with one attached hydrogen (secondary N) is 1. The highest BCUT2D eigenvalue weighted by Crippen LogP contribution is 2.22. The van der Waals surface area contributed by atoms with Gasteiger partial charge in [0.05, 0.1) is 22.8 Å². The molecule has 0 spiro atoms. The van der Waals surface area contributed by atoms with Gasteiger partial charge in [-0.2, -0.15) is 0 Å². The highest BCUT2D eigenvalue weighted by atomic mass is 16.6. The molecule has 10 nitrogen and oxygen atoms in total. The van der Waals surface area contributed by atoms with E-state index < -0.39 is 16.9 Å². The van der Waals surface area contributed by atoms with E-state index >= 15 is 0 Å². The van der Waals surface area contributed by atoms with Crippen LogP contribution in [0, 0.1) is 17.0 Å². The molecule has 0 aromatic heterocycles. The van der Waals surface area contributed by atoms with Gasteiger partial charge in [0, 0.05) is 43.4 Å². The molecule has 1 aliphatic heterocycles. The van der Waals surface area contributed by atoms with Crippen molar-refractivity contribution in [3.63, 3.8) is 0 Å². The standard InChI is InChI=1S/C22H24N4O6/c1-3-32-22(29)25-12-10-24(11-13-25)21(28)17-6-4-5-7-18(17)23-20(27)16-8-9-19(26(30)31)15(2)14-16/h4-9,14H,3,10-13H2,1-2H3,(H,23,27). The van der Waals surface area contributed by atoms with E-state index in [1.54, 1.807) is 47.9 Å². The maximum Gasteiger partial charge on any atom is 0.409 e. The van der Waals surface area contributed by atoms with Crippen LogP contribution in [0.5, 0.6) is 0 Å². The lowest BCUT2D eigenvalue weighted by Crippen LogP contribution is -2.50. The predicted octanol–water partition coefficient (Wildman–Crippen LogP) is 3.07. The molecule has 2 aromatic carbocycles. The summed E-state index contributed by atoms with van der Waals surface area (Å²) in [4.78, 5) is 51.3. The fourth-order valence-electron chi connectivity index (χ4n) is 3.45. The van der Waals surface area contributed by atoms with Gasteiger partial charge in [-0.1, -0.05) is 12.1 Å². The third-order valence-electron chi connectivity index (χ3n) is 5.15. The van der Waals surface area contributed by atoms with Crippen LogP contribution in [0.25, 0.3) is 0 Å². The van der Waals surface area contributed by atoms with Gasteiger partial charge in [0.1, 0.15) is 0 Å². The topological polar surface area (TPSA) is 122 Å². The van der Waals surface area contributed by atoms with Crippen LogP contribution in [0.3, 0.4) is 0 Å². The molecule has 0 bridgehead atoms. The molecule has 0 unspecified atom stereocenters. The van der Waals surface area contributed by atoms with Crippen LogP contribution < -0.4 is 5.32 Å². The molecule has 1 saturated heterocycles. The number of aryl methyl sites for hydroxylation is 1. The SMILES string of the molecule is CCOC(=O)N1CCN(C(=O)c2ccccc2NC(=O)c2ccc([N+](=O)[O-])c(C)c2)CC1. The van der Waals surface area contributed by atoms with Crippen molar-refractivity contribution in [3.05, 3.63) is 69.3 Å². The van der Waals surface area contributed by atoms with Gasteiger partial charge in [0.15, 0.2) is 0 Å². The Morgan fingerprint density at radius 2 is 1.72 bits per heavy atom. The van der Waals surface area contributed by atoms with E-state index in [1.807, 2.05) is 0 Å². The molecule has 1 N–H and O–H groups in total. The number of nitrogens with zero attached hydrogens (tertiary/aromatic N) is 3. The summed E-state index contributed by atoms with van der Waals surface area (Å²) >= 11 is 0. The Morgan fingerprint density at radius 1 is 1.06 bits per heavy atom. The quantitative estimate of drug-likeness (QED) is 0.563. The number of carbonyl (C=O) groups is 3. The van der Waals surface area contributed by atoms with Crippen molar-refractivity contribution >= 4 is 29.3 Å². The molecule has 32 heavy (non-hydrogen) atoms. The first-order valence-electron chi connectivity index (χ1n) is 10.2. The Hall–Kier alpha value is -3.95. The summed E-state index contributed by atoms with van der Waals surface area (Å²) in [7, 11) is 0. The molecule has 0 saturated carbocycles. The number of amides is 3. The fourth-order valence-corrected chi connectivity index (χ4v) is 3.45. The Labute approximate surface area is 184 Å². The number of hydrogen-bond acceptors (Lipinski definition) is 6. The summed E-state index contributed by atoms with van der Waals surface area (Å²) in [6.45, 7) is 5.01. The fraction of sp³-hybridized carbons (Fsp3) is 0.318. The van der Waals surface area contributed by atoms with Gasteiger partial charge in [0.2, 0.25) is 0 Å². The van der Waals surface area contributed by atoms with E-state index in [1.165, 1.54) is 18.2 Å². The van der Waals surface area contributed by atoms with Crippen LogP contribution in [0.1, 0.15) is 33.2 Å². The smallest absolute Gasteiger partial charge is 0.409 e. The Bertz CT molecular complexity index is 1050. The number of hydrogen-bond donors (Lipinski definition) is 1. The Balaban J connectivity index is 1.71. The van der Waals surface area contributed by atoms with Gasteiger partial charge in [-0.15, -0.1) is 0 Å². The summed E-state index contributed by atoms with van der Waals surface area (Å²) in [6, 6.07) is 10.7. The zero-order valence-electron chi connectivity index (χ0n) is 17.9. The molecule has 1 heterocycles. The molecule has 1 fully saturated rings. The first-order valence-corrected chi connectivity index (χ1v) is 10.2. The van der Waals surface area contributed by atoms with Gasteiger partial charge in [-0.25, -0.2) is 4.79 Å². The van der Waals surface area contributed by atoms with Crippen LogP contribution in [-0.2, 0) is 4.74 Å². The predicted molar refractivity (Wildman–Crippen MR) is 117 cm³/mol. The highest BCUT2D eigenvalue weighted by Gasteiger charge is 2.27. The third kappa shape index (κ3) is 5.02. The van der Waals surface area contributed by atoms with E-state index in [2.05, 4.69) is 5.32 Å². The van der Waals surface area contributed by atoms with Crippen molar-refractivity contribution in [1.82, 2.24) is 9.80 Å². The number of nitro benzene ring substituents is 1. The maximum absolute atomic E-state index is 13.1. The van der Waals surface area contributed by atoms with E-state index in [0.29, 0.717) is 49.6 Å². The minimum Gasteiger partial charge on any atom is -0.450 e. The van der Waals surface area contributed by atoms with Crippen LogP contribution in [0.2, 0.25) is 0 Å². The van der Waals surface area contributed by atoms with Crippen LogP contribution >= 0.6 is 0 Å². The third-order valence-corrected chi connectivity index (χ3v) is 5.15. The van der Waals surface area contributed by atoms with Gasteiger partial charge < -0.3 is 19.9 Å². The van der Waals surface area contributed by atoms with Gasteiger partial charge in [0.25, 0.3) is 17.5 Å². The molecule has 0 aliphatic carbocycles. The lowest BCUT2D eigenvalue weighted by Gasteiger charge is -2.34. The van der Waals surface area contributed by atoms with Gasteiger partial charge in [-0.05, 0) is 38.1 Å². The molecule has 0 radical (unpaired) electrons. The van der Waals surface area contributed by atoms with E-state index in [-0.39, 0.29) is 17.2 Å². The normalized spacial score (nSPS) is 13.4. The largest absolute Gasteiger partial charge is 0.450 e. The zero-order chi connectivity index (χ0) is 23.3. The second kappa shape index (κ2) is 9.90. The number of para-hydroxylation sites is 1. The number of benzene rings is 2. The average molecular weight is 440 g/mol. The van der Waals surface area contributed by atoms with E-state index in [4.69, 9.17) is 4.74 Å². The van der Waals surface area contributed by atoms with Crippen molar-refractivity contribution in [2.45, 2.75) is 13.8 Å². The molecule has 10 heteroatoms. The van der Waals surface area contributed by atoms with Gasteiger partial charge in [-0.3, -0.25) is 19.7 Å². The first-order chi connectivity index (χ1) is 15.3. The summed E-state index contributed by atoms with van der Waals surface area (Å²) in [6.07, 6.45) is -0.398. The second-order valence-corrected chi connectivity index (χ2v) is 7.24.